The highest BCUT2D eigenvalue weighted by molar-refractivity contribution is 7.80. The minimum atomic E-state index is 0.537. The fourth-order valence-electron chi connectivity index (χ4n) is 3.21. The largest absolute Gasteiger partial charge is 0.346 e. The average molecular weight is 379 g/mol. The number of nitrogens with zero attached hydrogens (tertiary/aromatic N) is 3. The van der Waals surface area contributed by atoms with Crippen molar-refractivity contribution in [3.63, 3.8) is 0 Å². The van der Waals surface area contributed by atoms with Crippen molar-refractivity contribution < 1.29 is 0 Å². The Morgan fingerprint density at radius 3 is 2.22 bits per heavy atom. The van der Waals surface area contributed by atoms with Crippen LogP contribution < -0.4 is 5.32 Å². The molecule has 0 radical (unpaired) electrons. The second-order valence-electron chi connectivity index (χ2n) is 7.28. The summed E-state index contributed by atoms with van der Waals surface area (Å²) in [6.07, 6.45) is 0. The van der Waals surface area contributed by atoms with Gasteiger partial charge in [0.25, 0.3) is 0 Å². The van der Waals surface area contributed by atoms with Crippen molar-refractivity contribution in [3.05, 3.63) is 65.2 Å². The van der Waals surface area contributed by atoms with E-state index in [-0.39, 0.29) is 0 Å². The number of hydrogen-bond acceptors (Lipinski definition) is 3. The van der Waals surface area contributed by atoms with Gasteiger partial charge in [-0.3, -0.25) is 4.90 Å². The lowest BCUT2D eigenvalue weighted by Gasteiger charge is -2.36. The third-order valence-corrected chi connectivity index (χ3v) is 5.34. The Balaban J connectivity index is 1.47. The third-order valence-electron chi connectivity index (χ3n) is 4.98. The Labute approximate surface area is 167 Å². The normalized spacial score (nSPS) is 14.8. The summed E-state index contributed by atoms with van der Waals surface area (Å²) in [5, 5.41) is 13.1. The second-order valence-corrected chi connectivity index (χ2v) is 7.67. The van der Waals surface area contributed by atoms with E-state index in [2.05, 4.69) is 59.3 Å². The molecule has 2 aromatic carbocycles. The fourth-order valence-corrected chi connectivity index (χ4v) is 3.51. The fraction of sp³-hybridized carbons (Fsp3) is 0.364. The highest BCUT2D eigenvalue weighted by Gasteiger charge is 2.19. The van der Waals surface area contributed by atoms with E-state index in [0.29, 0.717) is 11.5 Å². The van der Waals surface area contributed by atoms with Crippen LogP contribution in [0.5, 0.6) is 0 Å². The summed E-state index contributed by atoms with van der Waals surface area (Å²) in [5.41, 5.74) is 4.34. The summed E-state index contributed by atoms with van der Waals surface area (Å²) in [5.74, 6) is 0.537. The van der Waals surface area contributed by atoms with E-state index in [1.807, 2.05) is 24.3 Å². The first-order valence-corrected chi connectivity index (χ1v) is 9.83. The number of benzene rings is 2. The van der Waals surface area contributed by atoms with Crippen molar-refractivity contribution in [3.8, 4) is 6.07 Å². The maximum absolute atomic E-state index is 8.89. The second kappa shape index (κ2) is 8.98. The highest BCUT2D eigenvalue weighted by Crippen LogP contribution is 2.18. The molecule has 1 fully saturated rings. The Kier molecular flexibility index (Phi) is 6.44. The van der Waals surface area contributed by atoms with Crippen LogP contribution in [0.3, 0.4) is 0 Å². The first-order chi connectivity index (χ1) is 13.0. The van der Waals surface area contributed by atoms with Gasteiger partial charge >= 0.3 is 0 Å². The number of rotatable bonds is 4. The molecule has 1 aliphatic rings. The topological polar surface area (TPSA) is 42.3 Å². The molecule has 1 N–H and O–H groups in total. The molecule has 27 heavy (non-hydrogen) atoms. The van der Waals surface area contributed by atoms with E-state index >= 15 is 0 Å². The Hall–Kier alpha value is -2.42. The molecular weight excluding hydrogens is 352 g/mol. The van der Waals surface area contributed by atoms with Gasteiger partial charge in [0, 0.05) is 38.4 Å². The Morgan fingerprint density at radius 1 is 1.04 bits per heavy atom. The summed E-state index contributed by atoms with van der Waals surface area (Å²) >= 11 is 5.60. The molecule has 0 aromatic heterocycles. The summed E-state index contributed by atoms with van der Waals surface area (Å²) < 4.78 is 0. The van der Waals surface area contributed by atoms with Gasteiger partial charge in [-0.2, -0.15) is 5.26 Å². The number of piperazine rings is 1. The molecule has 2 aromatic rings. The van der Waals surface area contributed by atoms with Gasteiger partial charge in [0.2, 0.25) is 0 Å². The van der Waals surface area contributed by atoms with Gasteiger partial charge in [-0.05, 0) is 53.5 Å². The molecule has 0 saturated carbocycles. The van der Waals surface area contributed by atoms with E-state index < -0.39 is 0 Å². The van der Waals surface area contributed by atoms with E-state index in [9.17, 15) is 0 Å². The van der Waals surface area contributed by atoms with Crippen LogP contribution in [0.25, 0.3) is 0 Å². The summed E-state index contributed by atoms with van der Waals surface area (Å²) in [6, 6.07) is 18.5. The molecule has 0 spiro atoms. The summed E-state index contributed by atoms with van der Waals surface area (Å²) in [4.78, 5) is 4.67. The van der Waals surface area contributed by atoms with Crippen LogP contribution in [-0.2, 0) is 6.54 Å². The lowest BCUT2D eigenvalue weighted by atomic mass is 10.0. The van der Waals surface area contributed by atoms with Gasteiger partial charge < -0.3 is 10.2 Å². The van der Waals surface area contributed by atoms with Crippen LogP contribution >= 0.6 is 12.2 Å². The molecular formula is C22H26N4S. The molecule has 0 aliphatic carbocycles. The number of anilines is 1. The maximum Gasteiger partial charge on any atom is 0.173 e. The minimum absolute atomic E-state index is 0.537. The van der Waals surface area contributed by atoms with Gasteiger partial charge in [-0.1, -0.05) is 38.1 Å². The third kappa shape index (κ3) is 5.29. The minimum Gasteiger partial charge on any atom is -0.346 e. The molecule has 0 atom stereocenters. The predicted molar refractivity (Wildman–Crippen MR) is 115 cm³/mol. The van der Waals surface area contributed by atoms with Crippen LogP contribution in [0.2, 0.25) is 0 Å². The van der Waals surface area contributed by atoms with E-state index in [0.717, 1.165) is 43.5 Å². The van der Waals surface area contributed by atoms with Crippen molar-refractivity contribution in [2.24, 2.45) is 0 Å². The zero-order chi connectivity index (χ0) is 19.2. The van der Waals surface area contributed by atoms with Crippen molar-refractivity contribution >= 4 is 23.0 Å². The van der Waals surface area contributed by atoms with Crippen LogP contribution in [-0.4, -0.2) is 41.1 Å². The lowest BCUT2D eigenvalue weighted by molar-refractivity contribution is 0.177. The molecule has 1 saturated heterocycles. The smallest absolute Gasteiger partial charge is 0.173 e. The van der Waals surface area contributed by atoms with Crippen molar-refractivity contribution in [1.29, 1.82) is 5.26 Å². The summed E-state index contributed by atoms with van der Waals surface area (Å²) in [6.45, 7) is 9.12. The first-order valence-electron chi connectivity index (χ1n) is 9.42. The zero-order valence-electron chi connectivity index (χ0n) is 16.0. The molecule has 0 unspecified atom stereocenters. The van der Waals surface area contributed by atoms with Crippen LogP contribution in [0.15, 0.2) is 48.5 Å². The molecule has 3 rings (SSSR count). The number of hydrogen-bond donors (Lipinski definition) is 1. The number of nitrogens with one attached hydrogen (secondary N) is 1. The van der Waals surface area contributed by atoms with E-state index in [1.165, 1.54) is 11.1 Å². The van der Waals surface area contributed by atoms with E-state index in [4.69, 9.17) is 17.5 Å². The van der Waals surface area contributed by atoms with Gasteiger partial charge in [0.15, 0.2) is 5.11 Å². The van der Waals surface area contributed by atoms with Crippen molar-refractivity contribution in [2.45, 2.75) is 26.3 Å². The monoisotopic (exact) mass is 378 g/mol. The molecule has 5 heteroatoms. The predicted octanol–water partition coefficient (Wildman–Crippen LogP) is 4.20. The molecule has 4 nitrogen and oxygen atoms in total. The Morgan fingerprint density at radius 2 is 1.67 bits per heavy atom. The molecule has 140 valence electrons. The van der Waals surface area contributed by atoms with Crippen LogP contribution in [0.1, 0.15) is 36.5 Å². The number of nitriles is 1. The molecule has 0 amide bonds. The SMILES string of the molecule is CC(C)c1ccc(NC(=S)N2CCN(Cc3ccc(C#N)cc3)CC2)cc1. The average Bonchev–Trinajstić information content (AvgIpc) is 2.69. The Bertz CT molecular complexity index is 798. The molecule has 1 aliphatic heterocycles. The van der Waals surface area contributed by atoms with Crippen LogP contribution in [0, 0.1) is 11.3 Å². The van der Waals surface area contributed by atoms with Crippen LogP contribution in [0.4, 0.5) is 5.69 Å². The summed E-state index contributed by atoms with van der Waals surface area (Å²) in [7, 11) is 0. The van der Waals surface area contributed by atoms with E-state index in [1.54, 1.807) is 0 Å². The van der Waals surface area contributed by atoms with Gasteiger partial charge in [0.1, 0.15) is 0 Å². The van der Waals surface area contributed by atoms with Crippen molar-refractivity contribution in [1.82, 2.24) is 9.80 Å². The van der Waals surface area contributed by atoms with Gasteiger partial charge in [-0.25, -0.2) is 0 Å². The quantitative estimate of drug-likeness (QED) is 0.808. The van der Waals surface area contributed by atoms with Gasteiger partial charge in [0.05, 0.1) is 11.6 Å². The van der Waals surface area contributed by atoms with Crippen molar-refractivity contribution in [2.75, 3.05) is 31.5 Å². The van der Waals surface area contributed by atoms with Gasteiger partial charge in [-0.15, -0.1) is 0 Å². The first kappa shape index (κ1) is 19.3. The maximum atomic E-state index is 8.89. The lowest BCUT2D eigenvalue weighted by Crippen LogP contribution is -2.49. The number of thiocarbonyl (C=S) groups is 1. The highest BCUT2D eigenvalue weighted by atomic mass is 32.1. The molecule has 1 heterocycles. The standard InChI is InChI=1S/C22H26N4S/c1-17(2)20-7-9-21(10-8-20)24-22(27)26-13-11-25(12-14-26)16-19-5-3-18(15-23)4-6-19/h3-10,17H,11-14,16H2,1-2H3,(H,24,27). The zero-order valence-corrected chi connectivity index (χ0v) is 16.8. The molecule has 0 bridgehead atoms.